The van der Waals surface area contributed by atoms with Gasteiger partial charge in [0.1, 0.15) is 31.8 Å². The van der Waals surface area contributed by atoms with Crippen LogP contribution in [0, 0.1) is 5.41 Å². The fourth-order valence-corrected chi connectivity index (χ4v) is 9.84. The molecular weight excluding hydrogens is 1040 g/mol. The van der Waals surface area contributed by atoms with Gasteiger partial charge in [-0.15, -0.1) is 0 Å². The minimum atomic E-state index is -0.830. The predicted molar refractivity (Wildman–Crippen MR) is 346 cm³/mol. The second kappa shape index (κ2) is 63.0. The van der Waals surface area contributed by atoms with E-state index in [4.69, 9.17) is 86.8 Å². The van der Waals surface area contributed by atoms with Gasteiger partial charge in [-0.3, -0.25) is 0 Å². The third-order valence-corrected chi connectivity index (χ3v) is 15.8. The zero-order chi connectivity index (χ0) is 56.1. The molecule has 0 spiro atoms. The number of hydrogen-bond donors (Lipinski definition) is 0. The maximum atomic E-state index is 6.37. The van der Waals surface area contributed by atoms with Crippen molar-refractivity contribution in [2.24, 2.45) is 5.41 Å². The molecule has 0 bridgehead atoms. The van der Waals surface area contributed by atoms with Crippen LogP contribution >= 0.6 is 48.9 Å². The van der Waals surface area contributed by atoms with E-state index in [0.717, 1.165) is 52.1 Å². The van der Waals surface area contributed by atoms with E-state index in [1.54, 1.807) is 0 Å². The number of unbranched alkanes of at least 4 members (excludes halogenated alkanes) is 36. The van der Waals surface area contributed by atoms with Gasteiger partial charge in [0.2, 0.25) is 0 Å². The Balaban J connectivity index is 5.42. The van der Waals surface area contributed by atoms with E-state index >= 15 is 0 Å². The average Bonchev–Trinajstić information content (AvgIpc) is 3.43. The second-order valence-electron chi connectivity index (χ2n) is 22.3. The minimum absolute atomic E-state index is 0.178. The van der Waals surface area contributed by atoms with E-state index in [1.807, 2.05) is 0 Å². The second-order valence-corrected chi connectivity index (χ2v) is 24.1. The Morgan fingerprint density at radius 1 is 0.221 bits per heavy atom. The lowest BCUT2D eigenvalue weighted by molar-refractivity contribution is -0.0180. The normalized spacial score (nSPS) is 11.6. The summed E-state index contributed by atoms with van der Waals surface area (Å²) in [6, 6.07) is 0. The number of rotatable bonds is 64. The van der Waals surface area contributed by atoms with Crippen LogP contribution < -0.4 is 0 Å². The lowest BCUT2D eigenvalue weighted by atomic mass is 9.92. The van der Waals surface area contributed by atoms with E-state index in [2.05, 4.69) is 27.7 Å². The van der Waals surface area contributed by atoms with Crippen LogP contribution in [-0.2, 0) is 37.9 Å². The van der Waals surface area contributed by atoms with Crippen LogP contribution in [0.25, 0.3) is 0 Å². The molecule has 0 atom stereocenters. The van der Waals surface area contributed by atoms with Crippen molar-refractivity contribution in [1.29, 1.82) is 0 Å². The molecule has 0 amide bonds. The van der Waals surface area contributed by atoms with Crippen molar-refractivity contribution < 1.29 is 37.9 Å². The molecule has 77 heavy (non-hydrogen) atoms. The van der Waals surface area contributed by atoms with E-state index in [0.29, 0.717) is 72.3 Å². The molecule has 0 saturated heterocycles. The summed E-state index contributed by atoms with van der Waals surface area (Å²) in [7, 11) is 0. The quantitative estimate of drug-likeness (QED) is 0.0430. The summed E-state index contributed by atoms with van der Waals surface area (Å²) >= 11 is 23.1. The van der Waals surface area contributed by atoms with Crippen LogP contribution in [0.1, 0.15) is 310 Å². The van der Waals surface area contributed by atoms with Gasteiger partial charge in [-0.1, -0.05) is 259 Å². The van der Waals surface area contributed by atoms with Crippen LogP contribution in [0.5, 0.6) is 0 Å². The molecule has 0 saturated carbocycles. The SMILES string of the molecule is CCCCCCCCCCCCOCCC(=S)OCC(COC(=S)CCOCCCCCCCCCCCC)(COC(=S)CCOCCCCCCCCCCCC)COC(=S)CCOCCCCCCCCCCCC. The van der Waals surface area contributed by atoms with Crippen molar-refractivity contribution in [2.75, 3.05) is 79.3 Å². The Kier molecular flexibility index (Phi) is 62.5. The van der Waals surface area contributed by atoms with Crippen molar-refractivity contribution >= 4 is 69.1 Å². The highest BCUT2D eigenvalue weighted by atomic mass is 32.1. The molecule has 0 aliphatic heterocycles. The highest BCUT2D eigenvalue weighted by molar-refractivity contribution is 7.80. The van der Waals surface area contributed by atoms with Crippen LogP contribution in [0.4, 0.5) is 0 Å². The lowest BCUT2D eigenvalue weighted by Crippen LogP contribution is -2.43. The summed E-state index contributed by atoms with van der Waals surface area (Å²) in [6.45, 7) is 14.8. The molecule has 8 nitrogen and oxygen atoms in total. The third-order valence-electron chi connectivity index (χ3n) is 14.5. The zero-order valence-electron chi connectivity index (χ0n) is 51.0. The number of hydrogen-bond acceptors (Lipinski definition) is 12. The van der Waals surface area contributed by atoms with Crippen molar-refractivity contribution in [2.45, 2.75) is 310 Å². The van der Waals surface area contributed by atoms with E-state index in [-0.39, 0.29) is 26.4 Å². The standard InChI is InChI=1S/C65H124O8S4/c1-5-9-13-17-21-25-29-33-37-41-49-66-53-45-61(74)70-57-65(58-71-62(75)46-54-67-50-42-38-34-30-26-22-18-14-10-6-2,59-72-63(76)47-55-68-51-43-39-35-31-27-23-19-15-11-7-3)60-73-64(77)48-56-69-52-44-40-36-32-28-24-20-16-12-8-4/h5-60H2,1-4H3. The molecule has 0 radical (unpaired) electrons. The molecule has 0 aromatic rings. The molecule has 0 aliphatic rings. The first kappa shape index (κ1) is 76.4. The summed E-state index contributed by atoms with van der Waals surface area (Å²) < 4.78 is 49.5. The predicted octanol–water partition coefficient (Wildman–Crippen LogP) is 20.7. The van der Waals surface area contributed by atoms with Crippen molar-refractivity contribution in [1.82, 2.24) is 0 Å². The average molecular weight is 1160 g/mol. The maximum absolute atomic E-state index is 6.37. The zero-order valence-corrected chi connectivity index (χ0v) is 54.3. The van der Waals surface area contributed by atoms with Gasteiger partial charge < -0.3 is 37.9 Å². The van der Waals surface area contributed by atoms with Crippen molar-refractivity contribution in [3.05, 3.63) is 0 Å². The van der Waals surface area contributed by atoms with Crippen LogP contribution in [-0.4, -0.2) is 99.5 Å². The number of ether oxygens (including phenoxy) is 8. The highest BCUT2D eigenvalue weighted by Gasteiger charge is 2.37. The molecule has 0 unspecified atom stereocenters. The van der Waals surface area contributed by atoms with Gasteiger partial charge in [-0.25, -0.2) is 0 Å². The highest BCUT2D eigenvalue weighted by Crippen LogP contribution is 2.24. The minimum Gasteiger partial charge on any atom is -0.486 e. The van der Waals surface area contributed by atoms with Gasteiger partial charge in [0, 0.05) is 52.1 Å². The molecule has 0 rings (SSSR count). The summed E-state index contributed by atoms with van der Waals surface area (Å²) in [5.74, 6) is 0. The van der Waals surface area contributed by atoms with Crippen molar-refractivity contribution in [3.8, 4) is 0 Å². The summed E-state index contributed by atoms with van der Waals surface area (Å²) in [5.41, 5.74) is -0.830. The molecule has 0 fully saturated rings. The molecule has 12 heteroatoms. The van der Waals surface area contributed by atoms with Gasteiger partial charge >= 0.3 is 0 Å². The van der Waals surface area contributed by atoms with Gasteiger partial charge in [-0.2, -0.15) is 0 Å². The first-order valence-corrected chi connectivity index (χ1v) is 34.4. The van der Waals surface area contributed by atoms with Crippen LogP contribution in [0.2, 0.25) is 0 Å². The van der Waals surface area contributed by atoms with E-state index in [1.165, 1.54) is 231 Å². The smallest absolute Gasteiger partial charge is 0.162 e. The fourth-order valence-electron chi connectivity index (χ4n) is 9.27. The fraction of sp³-hybridized carbons (Fsp3) is 0.938. The maximum Gasteiger partial charge on any atom is 0.162 e. The van der Waals surface area contributed by atoms with Gasteiger partial charge in [0.05, 0.1) is 26.4 Å². The Morgan fingerprint density at radius 2 is 0.377 bits per heavy atom. The Labute approximate surface area is 498 Å². The molecule has 0 N–H and O–H groups in total. The van der Waals surface area contributed by atoms with Gasteiger partial charge in [0.15, 0.2) is 20.2 Å². The van der Waals surface area contributed by atoms with E-state index in [9.17, 15) is 0 Å². The molecule has 0 heterocycles. The first-order chi connectivity index (χ1) is 37.8. The molecular formula is C65H124O8S4. The summed E-state index contributed by atoms with van der Waals surface area (Å²) in [5, 5.41) is 1.91. The molecule has 0 aromatic carbocycles. The number of thiocarbonyl (C=S) groups is 4. The Hall–Kier alpha value is -0.600. The van der Waals surface area contributed by atoms with Gasteiger partial charge in [-0.05, 0) is 74.6 Å². The third kappa shape index (κ3) is 58.4. The van der Waals surface area contributed by atoms with Crippen LogP contribution in [0.15, 0.2) is 0 Å². The van der Waals surface area contributed by atoms with Crippen molar-refractivity contribution in [3.63, 3.8) is 0 Å². The van der Waals surface area contributed by atoms with E-state index < -0.39 is 5.41 Å². The molecule has 0 aliphatic carbocycles. The lowest BCUT2D eigenvalue weighted by Gasteiger charge is -2.33. The topological polar surface area (TPSA) is 73.8 Å². The molecule has 456 valence electrons. The largest absolute Gasteiger partial charge is 0.486 e. The summed E-state index contributed by atoms with van der Waals surface area (Å²) in [6.07, 6.45) is 54.0. The first-order valence-electron chi connectivity index (χ1n) is 32.8. The monoisotopic (exact) mass is 1160 g/mol. The van der Waals surface area contributed by atoms with Gasteiger partial charge in [0.25, 0.3) is 0 Å². The summed E-state index contributed by atoms with van der Waals surface area (Å²) in [4.78, 5) is 0. The van der Waals surface area contributed by atoms with Crippen LogP contribution in [0.3, 0.4) is 0 Å². The molecule has 0 aromatic heterocycles. The Morgan fingerprint density at radius 3 is 0.545 bits per heavy atom. The Bertz CT molecular complexity index is 1080.